The predicted molar refractivity (Wildman–Crippen MR) is 31.5 cm³/mol. The molecule has 0 aromatic carbocycles. The Morgan fingerprint density at radius 2 is 2.25 bits per heavy atom. The van der Waals surface area contributed by atoms with Crippen LogP contribution in [0.4, 0.5) is 8.78 Å². The third-order valence-electron chi connectivity index (χ3n) is 1.64. The van der Waals surface area contributed by atoms with Crippen molar-refractivity contribution in [2.24, 2.45) is 5.92 Å². The maximum absolute atomic E-state index is 12.2. The summed E-state index contributed by atoms with van der Waals surface area (Å²) in [6.07, 6.45) is 0.717. The van der Waals surface area contributed by atoms with E-state index in [1.54, 1.807) is 0 Å². The second-order valence-electron chi connectivity index (χ2n) is 2.18. The predicted octanol–water partition coefficient (Wildman–Crippen LogP) is 1.96. The molecule has 3 heteroatoms. The van der Waals surface area contributed by atoms with Crippen molar-refractivity contribution in [3.8, 4) is 0 Å². The van der Waals surface area contributed by atoms with Gasteiger partial charge >= 0.3 is 0 Å². The summed E-state index contributed by atoms with van der Waals surface area (Å²) < 4.78 is 24.3. The quantitative estimate of drug-likeness (QED) is 0.526. The lowest BCUT2D eigenvalue weighted by Gasteiger charge is -2.34. The molecule has 8 heavy (non-hydrogen) atoms. The van der Waals surface area contributed by atoms with E-state index in [1.807, 2.05) is 0 Å². The van der Waals surface area contributed by atoms with Gasteiger partial charge in [0.25, 0.3) is 5.92 Å². The summed E-state index contributed by atoms with van der Waals surface area (Å²) in [6, 6.07) is 0. The standard InChI is InChI=1S/C5H8F2S/c6-5(7)2-1-4(5)3-8/h4,8H,1-3H2. The van der Waals surface area contributed by atoms with Crippen molar-refractivity contribution in [3.05, 3.63) is 0 Å². The van der Waals surface area contributed by atoms with Crippen LogP contribution in [0.3, 0.4) is 0 Å². The van der Waals surface area contributed by atoms with Crippen LogP contribution in [0.1, 0.15) is 12.8 Å². The third kappa shape index (κ3) is 0.835. The van der Waals surface area contributed by atoms with Gasteiger partial charge in [-0.2, -0.15) is 12.6 Å². The van der Waals surface area contributed by atoms with Gasteiger partial charge in [0.15, 0.2) is 0 Å². The minimum absolute atomic E-state index is 0.0677. The largest absolute Gasteiger partial charge is 0.251 e. The maximum atomic E-state index is 12.2. The summed E-state index contributed by atoms with van der Waals surface area (Å²) in [7, 11) is 0. The lowest BCUT2D eigenvalue weighted by Crippen LogP contribution is -2.39. The fourth-order valence-corrected chi connectivity index (χ4v) is 1.24. The van der Waals surface area contributed by atoms with E-state index in [2.05, 4.69) is 12.6 Å². The van der Waals surface area contributed by atoms with Crippen molar-refractivity contribution in [3.63, 3.8) is 0 Å². The average Bonchev–Trinajstić information content (AvgIpc) is 1.66. The number of rotatable bonds is 1. The molecule has 0 bridgehead atoms. The molecule has 0 aromatic rings. The van der Waals surface area contributed by atoms with Crippen LogP contribution in [-0.2, 0) is 0 Å². The van der Waals surface area contributed by atoms with Crippen molar-refractivity contribution in [1.82, 2.24) is 0 Å². The van der Waals surface area contributed by atoms with Crippen LogP contribution in [0.2, 0.25) is 0 Å². The summed E-state index contributed by atoms with van der Waals surface area (Å²) in [5.41, 5.74) is 0. The highest BCUT2D eigenvalue weighted by Crippen LogP contribution is 2.43. The summed E-state index contributed by atoms with van der Waals surface area (Å²) in [6.45, 7) is 0. The molecule has 1 aliphatic carbocycles. The molecule has 0 heterocycles. The van der Waals surface area contributed by atoms with E-state index < -0.39 is 11.8 Å². The Hall–Kier alpha value is 0.210. The van der Waals surface area contributed by atoms with Gasteiger partial charge in [0, 0.05) is 12.3 Å². The molecule has 1 aliphatic rings. The van der Waals surface area contributed by atoms with E-state index in [0.29, 0.717) is 12.2 Å². The first kappa shape index (κ1) is 6.33. The number of alkyl halides is 2. The summed E-state index contributed by atoms with van der Waals surface area (Å²) in [4.78, 5) is 0. The van der Waals surface area contributed by atoms with Gasteiger partial charge in [-0.05, 0) is 12.2 Å². The molecule has 1 rings (SSSR count). The highest BCUT2D eigenvalue weighted by Gasteiger charge is 2.46. The van der Waals surface area contributed by atoms with Crippen molar-refractivity contribution in [2.45, 2.75) is 18.8 Å². The Kier molecular flexibility index (Phi) is 1.48. The van der Waals surface area contributed by atoms with Gasteiger partial charge in [0.2, 0.25) is 0 Å². The Labute approximate surface area is 52.7 Å². The smallest absolute Gasteiger partial charge is 0.207 e. The normalized spacial score (nSPS) is 34.1. The SMILES string of the molecule is FC1(F)CCC1CS. The zero-order chi connectivity index (χ0) is 6.20. The van der Waals surface area contributed by atoms with Gasteiger partial charge in [-0.3, -0.25) is 0 Å². The molecule has 0 aromatic heterocycles. The molecule has 48 valence electrons. The first-order valence-corrected chi connectivity index (χ1v) is 3.29. The molecule has 1 atom stereocenters. The molecule has 0 nitrogen and oxygen atoms in total. The molecule has 0 N–H and O–H groups in total. The second kappa shape index (κ2) is 1.87. The summed E-state index contributed by atoms with van der Waals surface area (Å²) >= 11 is 3.78. The molecular formula is C5H8F2S. The minimum Gasteiger partial charge on any atom is -0.207 e. The van der Waals surface area contributed by atoms with Crippen molar-refractivity contribution in [2.75, 3.05) is 5.75 Å². The van der Waals surface area contributed by atoms with Gasteiger partial charge in [-0.15, -0.1) is 0 Å². The monoisotopic (exact) mass is 138 g/mol. The molecule has 1 saturated carbocycles. The molecule has 0 radical (unpaired) electrons. The number of hydrogen-bond acceptors (Lipinski definition) is 1. The van der Waals surface area contributed by atoms with E-state index in [0.717, 1.165) is 0 Å². The van der Waals surface area contributed by atoms with Crippen molar-refractivity contribution in [1.29, 1.82) is 0 Å². The van der Waals surface area contributed by atoms with E-state index in [1.165, 1.54) is 0 Å². The Balaban J connectivity index is 2.37. The molecule has 0 spiro atoms. The topological polar surface area (TPSA) is 0 Å². The van der Waals surface area contributed by atoms with Gasteiger partial charge in [0.1, 0.15) is 0 Å². The Morgan fingerprint density at radius 3 is 2.25 bits per heavy atom. The fraction of sp³-hybridized carbons (Fsp3) is 1.00. The first-order chi connectivity index (χ1) is 3.67. The fourth-order valence-electron chi connectivity index (χ4n) is 0.792. The van der Waals surface area contributed by atoms with Crippen molar-refractivity contribution >= 4 is 12.6 Å². The highest BCUT2D eigenvalue weighted by atomic mass is 32.1. The Morgan fingerprint density at radius 1 is 1.62 bits per heavy atom. The van der Waals surface area contributed by atoms with Crippen LogP contribution in [0.25, 0.3) is 0 Å². The first-order valence-electron chi connectivity index (χ1n) is 2.65. The number of hydrogen-bond donors (Lipinski definition) is 1. The zero-order valence-corrected chi connectivity index (χ0v) is 5.30. The van der Waals surface area contributed by atoms with Crippen LogP contribution in [0.15, 0.2) is 0 Å². The third-order valence-corrected chi connectivity index (χ3v) is 2.08. The lowest BCUT2D eigenvalue weighted by atomic mass is 9.82. The molecule has 0 amide bonds. The zero-order valence-electron chi connectivity index (χ0n) is 4.40. The molecule has 1 fully saturated rings. The average molecular weight is 138 g/mol. The van der Waals surface area contributed by atoms with Crippen LogP contribution in [-0.4, -0.2) is 11.7 Å². The number of halogens is 2. The molecule has 1 unspecified atom stereocenters. The van der Waals surface area contributed by atoms with Gasteiger partial charge in [-0.25, -0.2) is 8.78 Å². The summed E-state index contributed by atoms with van der Waals surface area (Å²) in [5, 5.41) is 0. The minimum atomic E-state index is -2.39. The van der Waals surface area contributed by atoms with Gasteiger partial charge in [0.05, 0.1) is 0 Å². The summed E-state index contributed by atoms with van der Waals surface area (Å²) in [5.74, 6) is -2.50. The van der Waals surface area contributed by atoms with Gasteiger partial charge in [-0.1, -0.05) is 0 Å². The Bertz CT molecular complexity index is 90.4. The van der Waals surface area contributed by atoms with Gasteiger partial charge < -0.3 is 0 Å². The van der Waals surface area contributed by atoms with Crippen molar-refractivity contribution < 1.29 is 8.78 Å². The van der Waals surface area contributed by atoms with E-state index in [-0.39, 0.29) is 6.42 Å². The van der Waals surface area contributed by atoms with E-state index in [4.69, 9.17) is 0 Å². The number of thiol groups is 1. The lowest BCUT2D eigenvalue weighted by molar-refractivity contribution is -0.121. The van der Waals surface area contributed by atoms with E-state index in [9.17, 15) is 8.78 Å². The van der Waals surface area contributed by atoms with Crippen LogP contribution in [0.5, 0.6) is 0 Å². The molecule has 0 saturated heterocycles. The second-order valence-corrected chi connectivity index (χ2v) is 2.54. The van der Waals surface area contributed by atoms with Crippen LogP contribution in [0, 0.1) is 5.92 Å². The van der Waals surface area contributed by atoms with Crippen LogP contribution >= 0.6 is 12.6 Å². The highest BCUT2D eigenvalue weighted by molar-refractivity contribution is 7.80. The molecule has 0 aliphatic heterocycles. The van der Waals surface area contributed by atoms with Crippen LogP contribution < -0.4 is 0 Å². The molecular weight excluding hydrogens is 130 g/mol. The maximum Gasteiger partial charge on any atom is 0.251 e. The van der Waals surface area contributed by atoms with E-state index >= 15 is 0 Å².